The predicted molar refractivity (Wildman–Crippen MR) is 128 cm³/mol. The minimum absolute atomic E-state index is 0.0827. The maximum absolute atomic E-state index is 12.6. The number of carbonyl (C=O) groups is 3. The summed E-state index contributed by atoms with van der Waals surface area (Å²) in [5, 5.41) is 8.60. The summed E-state index contributed by atoms with van der Waals surface area (Å²) in [5.41, 5.74) is 2.11. The van der Waals surface area contributed by atoms with E-state index in [0.29, 0.717) is 17.1 Å². The molecule has 1 fully saturated rings. The number of anilines is 2. The van der Waals surface area contributed by atoms with Crippen molar-refractivity contribution in [2.75, 3.05) is 30.8 Å². The van der Waals surface area contributed by atoms with Gasteiger partial charge in [-0.05, 0) is 54.8 Å². The first-order valence-corrected chi connectivity index (χ1v) is 11.3. The van der Waals surface area contributed by atoms with Gasteiger partial charge >= 0.3 is 6.03 Å². The molecule has 1 heterocycles. The summed E-state index contributed by atoms with van der Waals surface area (Å²) in [7, 11) is 1.58. The Kier molecular flexibility index (Phi) is 8.69. The number of nitrogens with one attached hydrogen (secondary N) is 3. The summed E-state index contributed by atoms with van der Waals surface area (Å²) in [6.07, 6.45) is 4.49. The standard InChI is InChI=1S/C25H32N4O4/c1-18(30)26-23(19-7-13-22(33-2)14-8-19)17-24(31)27-20-9-11-21(12-10-20)28-25(32)29-15-5-3-4-6-16-29/h7-14,23H,3-6,15-17H2,1-2H3,(H,26,30)(H,27,31)(H,28,32). The zero-order chi connectivity index (χ0) is 23.6. The van der Waals surface area contributed by atoms with Crippen molar-refractivity contribution >= 4 is 29.2 Å². The molecule has 1 unspecified atom stereocenters. The maximum Gasteiger partial charge on any atom is 0.321 e. The molecule has 0 aliphatic carbocycles. The van der Waals surface area contributed by atoms with Crippen LogP contribution in [0.25, 0.3) is 0 Å². The summed E-state index contributed by atoms with van der Waals surface area (Å²) in [6, 6.07) is 13.7. The molecule has 0 radical (unpaired) electrons. The Morgan fingerprint density at radius 1 is 0.879 bits per heavy atom. The second-order valence-electron chi connectivity index (χ2n) is 8.19. The van der Waals surface area contributed by atoms with E-state index in [1.807, 2.05) is 17.0 Å². The molecule has 0 saturated carbocycles. The first-order valence-electron chi connectivity index (χ1n) is 11.3. The van der Waals surface area contributed by atoms with Gasteiger partial charge in [0.15, 0.2) is 0 Å². The van der Waals surface area contributed by atoms with E-state index in [-0.39, 0.29) is 24.3 Å². The monoisotopic (exact) mass is 452 g/mol. The molecule has 33 heavy (non-hydrogen) atoms. The molecule has 176 valence electrons. The Hall–Kier alpha value is -3.55. The SMILES string of the molecule is COc1ccc(C(CC(=O)Nc2ccc(NC(=O)N3CCCCCC3)cc2)NC(C)=O)cc1. The number of hydrogen-bond donors (Lipinski definition) is 3. The lowest BCUT2D eigenvalue weighted by Crippen LogP contribution is -2.35. The second kappa shape index (κ2) is 11.9. The van der Waals surface area contributed by atoms with Crippen LogP contribution in [0.15, 0.2) is 48.5 Å². The van der Waals surface area contributed by atoms with E-state index in [0.717, 1.165) is 31.5 Å². The third kappa shape index (κ3) is 7.52. The van der Waals surface area contributed by atoms with Crippen molar-refractivity contribution in [3.63, 3.8) is 0 Å². The Morgan fingerprint density at radius 3 is 2.00 bits per heavy atom. The van der Waals surface area contributed by atoms with Crippen molar-refractivity contribution in [3.05, 3.63) is 54.1 Å². The van der Waals surface area contributed by atoms with Crippen LogP contribution in [0.1, 0.15) is 50.6 Å². The van der Waals surface area contributed by atoms with Gasteiger partial charge in [-0.1, -0.05) is 25.0 Å². The van der Waals surface area contributed by atoms with Crippen LogP contribution in [-0.4, -0.2) is 42.9 Å². The van der Waals surface area contributed by atoms with Crippen molar-refractivity contribution in [2.24, 2.45) is 0 Å². The fourth-order valence-corrected chi connectivity index (χ4v) is 3.84. The topological polar surface area (TPSA) is 99.8 Å². The van der Waals surface area contributed by atoms with E-state index in [4.69, 9.17) is 4.74 Å². The van der Waals surface area contributed by atoms with Gasteiger partial charge in [-0.3, -0.25) is 9.59 Å². The van der Waals surface area contributed by atoms with E-state index in [1.165, 1.54) is 19.8 Å². The fourth-order valence-electron chi connectivity index (χ4n) is 3.84. The number of benzene rings is 2. The summed E-state index contributed by atoms with van der Waals surface area (Å²) in [4.78, 5) is 38.6. The minimum atomic E-state index is -0.458. The highest BCUT2D eigenvalue weighted by molar-refractivity contribution is 5.93. The highest BCUT2D eigenvalue weighted by Crippen LogP contribution is 2.22. The molecule has 4 amide bonds. The molecule has 0 aromatic heterocycles. The molecular weight excluding hydrogens is 420 g/mol. The minimum Gasteiger partial charge on any atom is -0.497 e. The van der Waals surface area contributed by atoms with Crippen molar-refractivity contribution in [1.82, 2.24) is 10.2 Å². The lowest BCUT2D eigenvalue weighted by atomic mass is 10.0. The van der Waals surface area contributed by atoms with Crippen LogP contribution in [0.2, 0.25) is 0 Å². The summed E-state index contributed by atoms with van der Waals surface area (Å²) in [5.74, 6) is 0.256. The van der Waals surface area contributed by atoms with Crippen molar-refractivity contribution in [1.29, 1.82) is 0 Å². The third-order valence-corrected chi connectivity index (χ3v) is 5.60. The quantitative estimate of drug-likeness (QED) is 0.583. The number of carbonyl (C=O) groups excluding carboxylic acids is 3. The van der Waals surface area contributed by atoms with Gasteiger partial charge in [-0.2, -0.15) is 0 Å². The van der Waals surface area contributed by atoms with Gasteiger partial charge in [0.05, 0.1) is 19.6 Å². The zero-order valence-corrected chi connectivity index (χ0v) is 19.2. The van der Waals surface area contributed by atoms with E-state index in [2.05, 4.69) is 16.0 Å². The van der Waals surface area contributed by atoms with Gasteiger partial charge in [0.2, 0.25) is 11.8 Å². The van der Waals surface area contributed by atoms with Crippen molar-refractivity contribution < 1.29 is 19.1 Å². The predicted octanol–water partition coefficient (Wildman–Crippen LogP) is 4.31. The molecule has 2 aromatic rings. The Balaban J connectivity index is 1.56. The molecule has 1 aliphatic rings. The van der Waals surface area contributed by atoms with E-state index in [1.54, 1.807) is 43.5 Å². The number of amides is 4. The Labute approximate surface area is 194 Å². The average Bonchev–Trinajstić information content (AvgIpc) is 3.09. The van der Waals surface area contributed by atoms with Crippen molar-refractivity contribution in [3.8, 4) is 5.75 Å². The van der Waals surface area contributed by atoms with Gasteiger partial charge < -0.3 is 25.6 Å². The molecule has 3 N–H and O–H groups in total. The number of ether oxygens (including phenoxy) is 1. The van der Waals surface area contributed by atoms with Gasteiger partial charge in [0, 0.05) is 31.4 Å². The van der Waals surface area contributed by atoms with Gasteiger partial charge in [0.25, 0.3) is 0 Å². The number of urea groups is 1. The Bertz CT molecular complexity index is 936. The van der Waals surface area contributed by atoms with E-state index < -0.39 is 6.04 Å². The van der Waals surface area contributed by atoms with Crippen LogP contribution in [0.5, 0.6) is 5.75 Å². The lowest BCUT2D eigenvalue weighted by molar-refractivity contribution is -0.120. The highest BCUT2D eigenvalue weighted by Gasteiger charge is 2.18. The summed E-state index contributed by atoms with van der Waals surface area (Å²) >= 11 is 0. The maximum atomic E-state index is 12.6. The van der Waals surface area contributed by atoms with Crippen LogP contribution in [-0.2, 0) is 9.59 Å². The second-order valence-corrected chi connectivity index (χ2v) is 8.19. The highest BCUT2D eigenvalue weighted by atomic mass is 16.5. The van der Waals surface area contributed by atoms with Crippen LogP contribution in [0.4, 0.5) is 16.2 Å². The number of likely N-dealkylation sites (tertiary alicyclic amines) is 1. The van der Waals surface area contributed by atoms with E-state index in [9.17, 15) is 14.4 Å². The first-order chi connectivity index (χ1) is 15.9. The summed E-state index contributed by atoms with van der Waals surface area (Å²) in [6.45, 7) is 2.99. The zero-order valence-electron chi connectivity index (χ0n) is 19.2. The number of nitrogens with zero attached hydrogens (tertiary/aromatic N) is 1. The molecule has 3 rings (SSSR count). The third-order valence-electron chi connectivity index (χ3n) is 5.60. The van der Waals surface area contributed by atoms with Gasteiger partial charge in [-0.15, -0.1) is 0 Å². The molecule has 1 aliphatic heterocycles. The van der Waals surface area contributed by atoms with Crippen LogP contribution in [0.3, 0.4) is 0 Å². The summed E-state index contributed by atoms with van der Waals surface area (Å²) < 4.78 is 5.17. The molecule has 1 saturated heterocycles. The Morgan fingerprint density at radius 2 is 1.45 bits per heavy atom. The van der Waals surface area contributed by atoms with Crippen molar-refractivity contribution in [2.45, 2.75) is 45.1 Å². The van der Waals surface area contributed by atoms with Crippen LogP contribution in [0, 0.1) is 0 Å². The molecule has 8 heteroatoms. The first kappa shape index (κ1) is 24.1. The van der Waals surface area contributed by atoms with Crippen LogP contribution < -0.4 is 20.7 Å². The number of methoxy groups -OCH3 is 1. The smallest absolute Gasteiger partial charge is 0.321 e. The molecule has 2 aromatic carbocycles. The normalized spacial score (nSPS) is 14.5. The van der Waals surface area contributed by atoms with Gasteiger partial charge in [0.1, 0.15) is 5.75 Å². The molecule has 8 nitrogen and oxygen atoms in total. The largest absolute Gasteiger partial charge is 0.497 e. The lowest BCUT2D eigenvalue weighted by Gasteiger charge is -2.21. The molecule has 0 spiro atoms. The fraction of sp³-hybridized carbons (Fsp3) is 0.400. The van der Waals surface area contributed by atoms with Gasteiger partial charge in [-0.25, -0.2) is 4.79 Å². The molecule has 1 atom stereocenters. The number of rotatable bonds is 7. The molecular formula is C25H32N4O4. The van der Waals surface area contributed by atoms with Crippen LogP contribution >= 0.6 is 0 Å². The molecule has 0 bridgehead atoms. The average molecular weight is 453 g/mol. The number of hydrogen-bond acceptors (Lipinski definition) is 4. The van der Waals surface area contributed by atoms with E-state index >= 15 is 0 Å².